The molecule has 0 heterocycles. The molecule has 2 aromatic carbocycles. The number of carbonyl (C=O) groups is 1. The van der Waals surface area contributed by atoms with Crippen molar-refractivity contribution in [3.63, 3.8) is 0 Å². The zero-order valence-corrected chi connectivity index (χ0v) is 13.3. The van der Waals surface area contributed by atoms with Crippen molar-refractivity contribution in [1.82, 2.24) is 0 Å². The summed E-state index contributed by atoms with van der Waals surface area (Å²) in [6.45, 7) is 0. The molecule has 0 atom stereocenters. The normalized spacial score (nSPS) is 10.7. The average molecular weight is 347 g/mol. The van der Waals surface area contributed by atoms with Crippen LogP contribution in [-0.2, 0) is 4.79 Å². The van der Waals surface area contributed by atoms with Crippen molar-refractivity contribution in [3.05, 3.63) is 64.3 Å². The first-order valence-corrected chi connectivity index (χ1v) is 7.23. The summed E-state index contributed by atoms with van der Waals surface area (Å²) in [5.74, 6) is -0.544. The molecule has 0 radical (unpaired) electrons. The molecule has 0 fully saturated rings. The molecule has 0 aliphatic carbocycles. The van der Waals surface area contributed by atoms with E-state index in [1.165, 1.54) is 6.20 Å². The predicted molar refractivity (Wildman–Crippen MR) is 93.3 cm³/mol. The Morgan fingerprint density at radius 1 is 1.09 bits per heavy atom. The van der Waals surface area contributed by atoms with Gasteiger partial charge < -0.3 is 16.4 Å². The Balaban J connectivity index is 2.10. The summed E-state index contributed by atoms with van der Waals surface area (Å²) < 4.78 is 0. The lowest BCUT2D eigenvalue weighted by atomic mass is 10.2. The summed E-state index contributed by atoms with van der Waals surface area (Å²) in [5, 5.41) is 15.4. The quantitative estimate of drug-likeness (QED) is 0.442. The van der Waals surface area contributed by atoms with Crippen molar-refractivity contribution in [2.24, 2.45) is 0 Å². The molecule has 23 heavy (non-hydrogen) atoms. The Morgan fingerprint density at radius 3 is 2.26 bits per heavy atom. The van der Waals surface area contributed by atoms with Crippen molar-refractivity contribution >= 4 is 46.2 Å². The molecule has 2 aromatic rings. The van der Waals surface area contributed by atoms with Crippen LogP contribution in [0.2, 0.25) is 10.0 Å². The molecule has 0 aliphatic heterocycles. The lowest BCUT2D eigenvalue weighted by molar-refractivity contribution is -0.112. The second-order valence-electron chi connectivity index (χ2n) is 4.55. The van der Waals surface area contributed by atoms with Crippen LogP contribution in [0.3, 0.4) is 0 Å². The maximum atomic E-state index is 12.1. The van der Waals surface area contributed by atoms with Gasteiger partial charge in [-0.15, -0.1) is 0 Å². The number of amides is 1. The van der Waals surface area contributed by atoms with E-state index in [1.807, 2.05) is 6.07 Å². The van der Waals surface area contributed by atoms with Crippen molar-refractivity contribution < 1.29 is 4.79 Å². The second kappa shape index (κ2) is 7.54. The molecule has 0 spiro atoms. The summed E-state index contributed by atoms with van der Waals surface area (Å²) in [7, 11) is 0. The Morgan fingerprint density at radius 2 is 1.70 bits per heavy atom. The van der Waals surface area contributed by atoms with Crippen LogP contribution in [0.15, 0.2) is 54.2 Å². The summed E-state index contributed by atoms with van der Waals surface area (Å²) in [6, 6.07) is 13.2. The van der Waals surface area contributed by atoms with E-state index in [9.17, 15) is 4.79 Å². The van der Waals surface area contributed by atoms with Crippen molar-refractivity contribution in [2.75, 3.05) is 16.4 Å². The Labute approximate surface area is 143 Å². The van der Waals surface area contributed by atoms with E-state index >= 15 is 0 Å². The molecule has 0 aromatic heterocycles. The lowest BCUT2D eigenvalue weighted by Crippen LogP contribution is -2.14. The van der Waals surface area contributed by atoms with Crippen molar-refractivity contribution in [1.29, 1.82) is 5.26 Å². The number of halogens is 2. The van der Waals surface area contributed by atoms with Gasteiger partial charge in [-0.3, -0.25) is 4.79 Å². The molecule has 0 bridgehead atoms. The van der Waals surface area contributed by atoms with E-state index < -0.39 is 5.91 Å². The number of benzene rings is 2. The number of nitrogens with zero attached hydrogens (tertiary/aromatic N) is 1. The fourth-order valence-corrected chi connectivity index (χ4v) is 2.23. The van der Waals surface area contributed by atoms with Crippen LogP contribution in [0.4, 0.5) is 17.1 Å². The van der Waals surface area contributed by atoms with Crippen molar-refractivity contribution in [2.45, 2.75) is 0 Å². The van der Waals surface area contributed by atoms with Crippen LogP contribution >= 0.6 is 23.2 Å². The van der Waals surface area contributed by atoms with Gasteiger partial charge in [-0.2, -0.15) is 5.26 Å². The van der Waals surface area contributed by atoms with Crippen LogP contribution in [0.25, 0.3) is 0 Å². The van der Waals surface area contributed by atoms with E-state index in [1.54, 1.807) is 42.5 Å². The number of nitrogens with two attached hydrogens (primary N) is 1. The molecular formula is C16H12Cl2N4O. The minimum absolute atomic E-state index is 0.0991. The third-order valence-electron chi connectivity index (χ3n) is 2.78. The van der Waals surface area contributed by atoms with E-state index in [-0.39, 0.29) is 5.57 Å². The molecule has 1 amide bonds. The Bertz CT molecular complexity index is 774. The first-order valence-electron chi connectivity index (χ1n) is 6.48. The molecule has 2 rings (SSSR count). The highest BCUT2D eigenvalue weighted by Gasteiger charge is 2.09. The number of hydrogen-bond donors (Lipinski definition) is 3. The number of anilines is 3. The number of rotatable bonds is 4. The Kier molecular flexibility index (Phi) is 5.47. The summed E-state index contributed by atoms with van der Waals surface area (Å²) in [6.07, 6.45) is 1.29. The predicted octanol–water partition coefficient (Wildman–Crippen LogP) is 4.03. The van der Waals surface area contributed by atoms with Crippen LogP contribution in [0, 0.1) is 11.3 Å². The monoisotopic (exact) mass is 346 g/mol. The van der Waals surface area contributed by atoms with Crippen molar-refractivity contribution in [3.8, 4) is 6.07 Å². The summed E-state index contributed by atoms with van der Waals surface area (Å²) in [4.78, 5) is 12.1. The van der Waals surface area contributed by atoms with Gasteiger partial charge in [0, 0.05) is 33.3 Å². The third kappa shape index (κ3) is 4.92. The maximum absolute atomic E-state index is 12.1. The van der Waals surface area contributed by atoms with Crippen LogP contribution in [-0.4, -0.2) is 5.91 Å². The zero-order valence-electron chi connectivity index (χ0n) is 11.8. The first-order chi connectivity index (χ1) is 11.0. The lowest BCUT2D eigenvalue weighted by Gasteiger charge is -2.06. The number of nitrogens with one attached hydrogen (secondary N) is 2. The van der Waals surface area contributed by atoms with E-state index in [0.29, 0.717) is 27.1 Å². The van der Waals surface area contributed by atoms with Gasteiger partial charge in [-0.25, -0.2) is 0 Å². The third-order valence-corrected chi connectivity index (χ3v) is 3.22. The minimum Gasteiger partial charge on any atom is -0.399 e. The van der Waals surface area contributed by atoms with E-state index in [2.05, 4.69) is 10.6 Å². The molecule has 0 saturated heterocycles. The molecule has 0 aliphatic rings. The van der Waals surface area contributed by atoms with Gasteiger partial charge in [0.05, 0.1) is 0 Å². The maximum Gasteiger partial charge on any atom is 0.267 e. The molecule has 0 saturated carbocycles. The largest absolute Gasteiger partial charge is 0.399 e. The number of carbonyl (C=O) groups excluding carboxylic acids is 1. The molecule has 5 nitrogen and oxygen atoms in total. The molecule has 4 N–H and O–H groups in total. The van der Waals surface area contributed by atoms with Crippen LogP contribution in [0.5, 0.6) is 0 Å². The molecule has 116 valence electrons. The van der Waals surface area contributed by atoms with Gasteiger partial charge in [-0.1, -0.05) is 23.2 Å². The smallest absolute Gasteiger partial charge is 0.267 e. The van der Waals surface area contributed by atoms with Gasteiger partial charge in [-0.05, 0) is 42.5 Å². The van der Waals surface area contributed by atoms with Gasteiger partial charge >= 0.3 is 0 Å². The Hall–Kier alpha value is -2.68. The minimum atomic E-state index is -0.544. The summed E-state index contributed by atoms with van der Waals surface area (Å²) in [5.41, 5.74) is 7.16. The molecular weight excluding hydrogens is 335 g/mol. The van der Waals surface area contributed by atoms with Gasteiger partial charge in [0.15, 0.2) is 0 Å². The van der Waals surface area contributed by atoms with Gasteiger partial charge in [0.2, 0.25) is 0 Å². The van der Waals surface area contributed by atoms with Crippen LogP contribution < -0.4 is 16.4 Å². The average Bonchev–Trinajstić information content (AvgIpc) is 2.49. The van der Waals surface area contributed by atoms with E-state index in [4.69, 9.17) is 34.2 Å². The topological polar surface area (TPSA) is 90.9 Å². The number of nitrogen functional groups attached to an aromatic ring is 1. The van der Waals surface area contributed by atoms with Gasteiger partial charge in [0.25, 0.3) is 5.91 Å². The van der Waals surface area contributed by atoms with Crippen LogP contribution in [0.1, 0.15) is 0 Å². The first kappa shape index (κ1) is 16.7. The highest BCUT2D eigenvalue weighted by molar-refractivity contribution is 6.35. The number of nitriles is 1. The second-order valence-corrected chi connectivity index (χ2v) is 5.42. The fourth-order valence-electron chi connectivity index (χ4n) is 1.71. The molecule has 0 unspecified atom stereocenters. The summed E-state index contributed by atoms with van der Waals surface area (Å²) >= 11 is 11.8. The standard InChI is InChI=1S/C16H12Cl2N4O/c17-11-5-12(18)7-15(6-11)21-9-10(8-19)16(23)22-14-3-1-13(20)2-4-14/h1-7,9,21H,20H2,(H,22,23)/b10-9-. The van der Waals surface area contributed by atoms with E-state index in [0.717, 1.165) is 0 Å². The highest BCUT2D eigenvalue weighted by atomic mass is 35.5. The fraction of sp³-hybridized carbons (Fsp3) is 0. The zero-order chi connectivity index (χ0) is 16.8. The SMILES string of the molecule is N#C/C(=C/Nc1cc(Cl)cc(Cl)c1)C(=O)Nc1ccc(N)cc1. The highest BCUT2D eigenvalue weighted by Crippen LogP contribution is 2.22. The molecule has 7 heteroatoms. The number of hydrogen-bond acceptors (Lipinski definition) is 4. The van der Waals surface area contributed by atoms with Gasteiger partial charge in [0.1, 0.15) is 11.6 Å².